The van der Waals surface area contributed by atoms with Crippen molar-refractivity contribution in [1.29, 1.82) is 0 Å². The normalized spacial score (nSPS) is 18.2. The summed E-state index contributed by atoms with van der Waals surface area (Å²) in [5.41, 5.74) is 0.778. The van der Waals surface area contributed by atoms with E-state index < -0.39 is 0 Å². The highest BCUT2D eigenvalue weighted by molar-refractivity contribution is 7.11. The van der Waals surface area contributed by atoms with Gasteiger partial charge in [0.2, 0.25) is 0 Å². The minimum absolute atomic E-state index is 0.278. The Morgan fingerprint density at radius 1 is 1.40 bits per heavy atom. The van der Waals surface area contributed by atoms with Gasteiger partial charge in [-0.1, -0.05) is 6.92 Å². The fourth-order valence-electron chi connectivity index (χ4n) is 2.16. The van der Waals surface area contributed by atoms with Crippen molar-refractivity contribution in [3.63, 3.8) is 0 Å². The van der Waals surface area contributed by atoms with Crippen molar-refractivity contribution in [2.24, 2.45) is 0 Å². The molecule has 0 aromatic carbocycles. The highest BCUT2D eigenvalue weighted by Gasteiger charge is 2.30. The van der Waals surface area contributed by atoms with Crippen molar-refractivity contribution in [2.75, 3.05) is 13.7 Å². The van der Waals surface area contributed by atoms with Crippen LogP contribution in [-0.4, -0.2) is 24.7 Å². The molecule has 0 bridgehead atoms. The Labute approximate surface area is 125 Å². The zero-order valence-corrected chi connectivity index (χ0v) is 13.8. The second-order valence-electron chi connectivity index (χ2n) is 5.49. The standard InChI is InChI=1S/C15H26N2O2S/c1-5-15(3,19-6-2)14-17-12(10-18-4)13(20-14)9-16-11-7-8-11/h11,16H,5-10H2,1-4H3. The predicted octanol–water partition coefficient (Wildman–Crippen LogP) is 3.20. The number of rotatable bonds is 9. The summed E-state index contributed by atoms with van der Waals surface area (Å²) in [7, 11) is 1.72. The van der Waals surface area contributed by atoms with Gasteiger partial charge in [-0.05, 0) is 33.1 Å². The molecule has 0 aliphatic heterocycles. The van der Waals surface area contributed by atoms with Gasteiger partial charge in [0.1, 0.15) is 10.6 Å². The SMILES string of the molecule is CCOC(C)(CC)c1nc(COC)c(CNC2CC2)s1. The predicted molar refractivity (Wildman–Crippen MR) is 82.0 cm³/mol. The summed E-state index contributed by atoms with van der Waals surface area (Å²) in [5.74, 6) is 0. The first-order valence-electron chi connectivity index (χ1n) is 7.48. The molecule has 1 aromatic heterocycles. The molecule has 1 saturated carbocycles. The number of aromatic nitrogens is 1. The van der Waals surface area contributed by atoms with E-state index in [2.05, 4.69) is 19.2 Å². The number of ether oxygens (including phenoxy) is 2. The molecule has 1 aliphatic rings. The molecule has 0 saturated heterocycles. The molecule has 0 amide bonds. The van der Waals surface area contributed by atoms with Crippen LogP contribution in [0, 0.1) is 0 Å². The highest BCUT2D eigenvalue weighted by atomic mass is 32.1. The van der Waals surface area contributed by atoms with Gasteiger partial charge in [0, 0.05) is 31.2 Å². The van der Waals surface area contributed by atoms with Crippen molar-refractivity contribution in [1.82, 2.24) is 10.3 Å². The number of hydrogen-bond donors (Lipinski definition) is 1. The van der Waals surface area contributed by atoms with Crippen LogP contribution in [0.5, 0.6) is 0 Å². The summed E-state index contributed by atoms with van der Waals surface area (Å²) in [5, 5.41) is 4.63. The molecule has 1 aliphatic carbocycles. The Balaban J connectivity index is 2.17. The summed E-state index contributed by atoms with van der Waals surface area (Å²) in [6.07, 6.45) is 3.53. The Kier molecular flexibility index (Phi) is 5.55. The molecule has 114 valence electrons. The molecular formula is C15H26N2O2S. The van der Waals surface area contributed by atoms with E-state index in [4.69, 9.17) is 14.5 Å². The van der Waals surface area contributed by atoms with Crippen LogP contribution < -0.4 is 5.32 Å². The van der Waals surface area contributed by atoms with Crippen LogP contribution in [-0.2, 0) is 28.2 Å². The molecule has 0 spiro atoms. The van der Waals surface area contributed by atoms with Crippen LogP contribution in [0.1, 0.15) is 55.6 Å². The highest BCUT2D eigenvalue weighted by Crippen LogP contribution is 2.34. The summed E-state index contributed by atoms with van der Waals surface area (Å²) >= 11 is 1.76. The molecule has 1 fully saturated rings. The smallest absolute Gasteiger partial charge is 0.125 e. The van der Waals surface area contributed by atoms with E-state index in [-0.39, 0.29) is 5.60 Å². The van der Waals surface area contributed by atoms with Gasteiger partial charge >= 0.3 is 0 Å². The number of methoxy groups -OCH3 is 1. The molecule has 1 N–H and O–H groups in total. The maximum Gasteiger partial charge on any atom is 0.125 e. The quantitative estimate of drug-likeness (QED) is 0.760. The van der Waals surface area contributed by atoms with Crippen LogP contribution in [0.15, 0.2) is 0 Å². The molecule has 4 nitrogen and oxygen atoms in total. The third-order valence-electron chi connectivity index (χ3n) is 3.78. The fourth-order valence-corrected chi connectivity index (χ4v) is 3.34. The number of hydrogen-bond acceptors (Lipinski definition) is 5. The molecule has 5 heteroatoms. The van der Waals surface area contributed by atoms with Gasteiger partial charge in [0.25, 0.3) is 0 Å². The topological polar surface area (TPSA) is 43.4 Å². The lowest BCUT2D eigenvalue weighted by Crippen LogP contribution is -2.24. The molecule has 2 rings (SSSR count). The first kappa shape index (κ1) is 15.9. The zero-order valence-electron chi connectivity index (χ0n) is 13.0. The van der Waals surface area contributed by atoms with Gasteiger partial charge in [-0.3, -0.25) is 0 Å². The maximum absolute atomic E-state index is 5.94. The number of nitrogens with zero attached hydrogens (tertiary/aromatic N) is 1. The zero-order chi connectivity index (χ0) is 14.6. The van der Waals surface area contributed by atoms with Gasteiger partial charge in [0.05, 0.1) is 12.3 Å². The van der Waals surface area contributed by atoms with Crippen molar-refractivity contribution in [2.45, 2.75) is 64.8 Å². The van der Waals surface area contributed by atoms with Crippen molar-refractivity contribution >= 4 is 11.3 Å². The third-order valence-corrected chi connectivity index (χ3v) is 5.12. The maximum atomic E-state index is 5.94. The molecule has 1 aromatic rings. The first-order chi connectivity index (χ1) is 9.62. The molecule has 1 atom stereocenters. The number of nitrogens with one attached hydrogen (secondary N) is 1. The van der Waals surface area contributed by atoms with E-state index in [1.165, 1.54) is 17.7 Å². The largest absolute Gasteiger partial charge is 0.378 e. The van der Waals surface area contributed by atoms with E-state index >= 15 is 0 Å². The Hall–Kier alpha value is -0.490. The minimum Gasteiger partial charge on any atom is -0.378 e. The van der Waals surface area contributed by atoms with E-state index in [1.54, 1.807) is 18.4 Å². The lowest BCUT2D eigenvalue weighted by atomic mass is 10.0. The van der Waals surface area contributed by atoms with Crippen LogP contribution in [0.2, 0.25) is 0 Å². The monoisotopic (exact) mass is 298 g/mol. The van der Waals surface area contributed by atoms with Crippen LogP contribution in [0.25, 0.3) is 0 Å². The Bertz CT molecular complexity index is 432. The summed E-state index contributed by atoms with van der Waals surface area (Å²) in [4.78, 5) is 6.07. The first-order valence-corrected chi connectivity index (χ1v) is 8.30. The average Bonchev–Trinajstić information content (AvgIpc) is 3.18. The van der Waals surface area contributed by atoms with Crippen molar-refractivity contribution in [3.8, 4) is 0 Å². The van der Waals surface area contributed by atoms with Crippen molar-refractivity contribution < 1.29 is 9.47 Å². The van der Waals surface area contributed by atoms with Gasteiger partial charge in [-0.15, -0.1) is 11.3 Å². The van der Waals surface area contributed by atoms with Gasteiger partial charge in [-0.25, -0.2) is 4.98 Å². The fraction of sp³-hybridized carbons (Fsp3) is 0.800. The van der Waals surface area contributed by atoms with E-state index in [1.807, 2.05) is 6.92 Å². The third kappa shape index (κ3) is 3.79. The van der Waals surface area contributed by atoms with Crippen LogP contribution >= 0.6 is 11.3 Å². The summed E-state index contributed by atoms with van der Waals surface area (Å²) < 4.78 is 11.2. The Morgan fingerprint density at radius 3 is 2.70 bits per heavy atom. The molecular weight excluding hydrogens is 272 g/mol. The van der Waals surface area contributed by atoms with Gasteiger partial charge in [-0.2, -0.15) is 0 Å². The number of thiazole rings is 1. The van der Waals surface area contributed by atoms with E-state index in [9.17, 15) is 0 Å². The van der Waals surface area contributed by atoms with E-state index in [0.717, 1.165) is 23.7 Å². The molecule has 1 heterocycles. The molecule has 1 unspecified atom stereocenters. The Morgan fingerprint density at radius 2 is 2.15 bits per heavy atom. The van der Waals surface area contributed by atoms with Gasteiger partial charge in [0.15, 0.2) is 0 Å². The van der Waals surface area contributed by atoms with E-state index in [0.29, 0.717) is 19.3 Å². The second kappa shape index (κ2) is 6.98. The lowest BCUT2D eigenvalue weighted by Gasteiger charge is -2.25. The second-order valence-corrected chi connectivity index (χ2v) is 6.58. The molecule has 20 heavy (non-hydrogen) atoms. The molecule has 0 radical (unpaired) electrons. The van der Waals surface area contributed by atoms with Crippen LogP contribution in [0.3, 0.4) is 0 Å². The lowest BCUT2D eigenvalue weighted by molar-refractivity contribution is -0.0326. The average molecular weight is 298 g/mol. The summed E-state index contributed by atoms with van der Waals surface area (Å²) in [6.45, 7) is 8.49. The van der Waals surface area contributed by atoms with Gasteiger partial charge < -0.3 is 14.8 Å². The van der Waals surface area contributed by atoms with Crippen LogP contribution in [0.4, 0.5) is 0 Å². The summed E-state index contributed by atoms with van der Waals surface area (Å²) in [6, 6.07) is 0.709. The van der Waals surface area contributed by atoms with Crippen molar-refractivity contribution in [3.05, 3.63) is 15.6 Å². The minimum atomic E-state index is -0.278.